The Morgan fingerprint density at radius 1 is 0.921 bits per heavy atom. The quantitative estimate of drug-likeness (QED) is 0.192. The van der Waals surface area contributed by atoms with Gasteiger partial charge in [0.25, 0.3) is 17.7 Å². The fraction of sp³-hybridized carbons (Fsp3) is 0.107. The van der Waals surface area contributed by atoms with Gasteiger partial charge in [-0.2, -0.15) is 0 Å². The first-order valence-corrected chi connectivity index (χ1v) is 12.6. The lowest BCUT2D eigenvalue weighted by atomic mass is 10.1. The van der Waals surface area contributed by atoms with Crippen LogP contribution in [0.15, 0.2) is 85.2 Å². The number of nitrogens with zero attached hydrogens (tertiary/aromatic N) is 2. The monoisotopic (exact) mass is 543 g/mol. The molecule has 1 aromatic heterocycles. The van der Waals surface area contributed by atoms with E-state index in [1.165, 1.54) is 4.90 Å². The molecule has 1 aliphatic heterocycles. The summed E-state index contributed by atoms with van der Waals surface area (Å²) in [5, 5.41) is 5.60. The standard InChI is InChI=1S/C28H22ClN5O3S/c29-24-8-4-1-5-18(24)14-21(16-34-26(36)22-6-2-3-7-23(22)27(34)37)31-28(38)33-32-25(35)19-9-10-20-15-30-12-11-17(20)13-19/h1-13,15,21H,14,16H2,(H,32,35)(H2,31,33,38). The number of carbonyl (C=O) groups is 3. The highest BCUT2D eigenvalue weighted by Gasteiger charge is 2.36. The Balaban J connectivity index is 1.28. The first-order valence-electron chi connectivity index (χ1n) is 11.8. The predicted octanol–water partition coefficient (Wildman–Crippen LogP) is 3.90. The van der Waals surface area contributed by atoms with E-state index in [9.17, 15) is 14.4 Å². The molecule has 2 heterocycles. The number of fused-ring (bicyclic) bond motifs is 2. The summed E-state index contributed by atoms with van der Waals surface area (Å²) >= 11 is 11.8. The molecule has 1 unspecified atom stereocenters. The van der Waals surface area contributed by atoms with Crippen LogP contribution in [0.5, 0.6) is 0 Å². The summed E-state index contributed by atoms with van der Waals surface area (Å²) in [4.78, 5) is 43.9. The number of nitrogens with one attached hydrogen (secondary N) is 3. The molecule has 3 aromatic carbocycles. The van der Waals surface area contributed by atoms with Crippen molar-refractivity contribution in [3.63, 3.8) is 0 Å². The first-order chi connectivity index (χ1) is 18.4. The van der Waals surface area contributed by atoms with E-state index in [2.05, 4.69) is 21.2 Å². The van der Waals surface area contributed by atoms with Gasteiger partial charge in [-0.1, -0.05) is 48.0 Å². The van der Waals surface area contributed by atoms with Gasteiger partial charge in [0.2, 0.25) is 0 Å². The molecule has 0 saturated carbocycles. The fourth-order valence-electron chi connectivity index (χ4n) is 4.35. The highest BCUT2D eigenvalue weighted by Crippen LogP contribution is 2.24. The van der Waals surface area contributed by atoms with E-state index < -0.39 is 6.04 Å². The van der Waals surface area contributed by atoms with Crippen molar-refractivity contribution in [2.24, 2.45) is 0 Å². The van der Waals surface area contributed by atoms with E-state index in [0.29, 0.717) is 28.1 Å². The van der Waals surface area contributed by atoms with E-state index >= 15 is 0 Å². The zero-order valence-corrected chi connectivity index (χ0v) is 21.6. The third-order valence-electron chi connectivity index (χ3n) is 6.23. The number of hydrogen-bond donors (Lipinski definition) is 3. The second kappa shape index (κ2) is 11.0. The molecule has 3 amide bonds. The zero-order valence-electron chi connectivity index (χ0n) is 20.0. The number of halogens is 1. The number of imide groups is 1. The smallest absolute Gasteiger partial charge is 0.269 e. The maximum absolute atomic E-state index is 13.0. The Labute approximate surface area is 229 Å². The van der Waals surface area contributed by atoms with Crippen molar-refractivity contribution in [2.45, 2.75) is 12.5 Å². The number of aromatic nitrogens is 1. The Bertz CT molecular complexity index is 1540. The molecule has 0 aliphatic carbocycles. The van der Waals surface area contributed by atoms with Crippen molar-refractivity contribution in [2.75, 3.05) is 6.54 Å². The van der Waals surface area contributed by atoms with Crippen LogP contribution in [0.25, 0.3) is 10.8 Å². The SMILES string of the molecule is O=C(NNC(=S)NC(Cc1ccccc1Cl)CN1C(=O)c2ccccc2C1=O)c1ccc2cnccc2c1. The highest BCUT2D eigenvalue weighted by molar-refractivity contribution is 7.80. The predicted molar refractivity (Wildman–Crippen MR) is 149 cm³/mol. The van der Waals surface area contributed by atoms with E-state index in [1.807, 2.05) is 30.3 Å². The number of thiocarbonyl (C=S) groups is 1. The van der Waals surface area contributed by atoms with Gasteiger partial charge in [-0.25, -0.2) is 0 Å². The van der Waals surface area contributed by atoms with Gasteiger partial charge in [-0.15, -0.1) is 0 Å². The number of hydrazine groups is 1. The van der Waals surface area contributed by atoms with E-state index in [1.54, 1.807) is 54.9 Å². The molecular formula is C28H22ClN5O3S. The van der Waals surface area contributed by atoms with Crippen molar-refractivity contribution >= 4 is 57.4 Å². The zero-order chi connectivity index (χ0) is 26.6. The van der Waals surface area contributed by atoms with Gasteiger partial charge >= 0.3 is 0 Å². The van der Waals surface area contributed by atoms with Crippen LogP contribution < -0.4 is 16.2 Å². The van der Waals surface area contributed by atoms with E-state index in [4.69, 9.17) is 23.8 Å². The minimum atomic E-state index is -0.484. The molecule has 0 spiro atoms. The third kappa shape index (κ3) is 5.34. The molecule has 8 nitrogen and oxygen atoms in total. The molecule has 0 saturated heterocycles. The van der Waals surface area contributed by atoms with Gasteiger partial charge in [-0.05, 0) is 66.0 Å². The van der Waals surface area contributed by atoms with E-state index in [0.717, 1.165) is 16.3 Å². The van der Waals surface area contributed by atoms with E-state index in [-0.39, 0.29) is 29.4 Å². The molecule has 0 radical (unpaired) electrons. The normalized spacial score (nSPS) is 13.2. The third-order valence-corrected chi connectivity index (χ3v) is 6.82. The first kappa shape index (κ1) is 25.3. The Morgan fingerprint density at radius 2 is 1.63 bits per heavy atom. The van der Waals surface area contributed by atoms with Crippen molar-refractivity contribution in [1.29, 1.82) is 0 Å². The Hall–Kier alpha value is -4.34. The lowest BCUT2D eigenvalue weighted by molar-refractivity contribution is 0.0641. The number of pyridine rings is 1. The molecule has 0 bridgehead atoms. The molecule has 1 aliphatic rings. The minimum Gasteiger partial charge on any atom is -0.356 e. The van der Waals surface area contributed by atoms with Crippen LogP contribution in [0.4, 0.5) is 0 Å². The second-order valence-electron chi connectivity index (χ2n) is 8.75. The van der Waals surface area contributed by atoms with Crippen LogP contribution in [-0.4, -0.2) is 45.3 Å². The van der Waals surface area contributed by atoms with Gasteiger partial charge in [0, 0.05) is 34.9 Å². The highest BCUT2D eigenvalue weighted by atomic mass is 35.5. The summed E-state index contributed by atoms with van der Waals surface area (Å²) in [7, 11) is 0. The molecule has 190 valence electrons. The second-order valence-corrected chi connectivity index (χ2v) is 9.56. The average molecular weight is 544 g/mol. The van der Waals surface area contributed by atoms with Crippen molar-refractivity contribution in [1.82, 2.24) is 26.1 Å². The molecule has 38 heavy (non-hydrogen) atoms. The molecule has 0 fully saturated rings. The van der Waals surface area contributed by atoms with Crippen LogP contribution in [0.2, 0.25) is 5.02 Å². The van der Waals surface area contributed by atoms with Gasteiger partial charge < -0.3 is 5.32 Å². The van der Waals surface area contributed by atoms with Crippen molar-refractivity contribution < 1.29 is 14.4 Å². The van der Waals surface area contributed by atoms with Crippen LogP contribution in [-0.2, 0) is 6.42 Å². The molecule has 5 rings (SSSR count). The van der Waals surface area contributed by atoms with Crippen LogP contribution in [0, 0.1) is 0 Å². The summed E-state index contributed by atoms with van der Waals surface area (Å²) in [6, 6.07) is 20.6. The maximum Gasteiger partial charge on any atom is 0.269 e. The van der Waals surface area contributed by atoms with Crippen molar-refractivity contribution in [3.05, 3.63) is 112 Å². The number of hydrogen-bond acceptors (Lipinski definition) is 5. The Morgan fingerprint density at radius 3 is 2.37 bits per heavy atom. The lowest BCUT2D eigenvalue weighted by Gasteiger charge is -2.25. The summed E-state index contributed by atoms with van der Waals surface area (Å²) in [5.41, 5.74) is 7.30. The lowest BCUT2D eigenvalue weighted by Crippen LogP contribution is -2.53. The van der Waals surface area contributed by atoms with Crippen LogP contribution in [0.1, 0.15) is 36.6 Å². The van der Waals surface area contributed by atoms with Gasteiger partial charge in [0.15, 0.2) is 5.11 Å². The largest absolute Gasteiger partial charge is 0.356 e. The molecular weight excluding hydrogens is 522 g/mol. The molecule has 3 N–H and O–H groups in total. The fourth-order valence-corrected chi connectivity index (χ4v) is 4.78. The average Bonchev–Trinajstić information content (AvgIpc) is 3.17. The summed E-state index contributed by atoms with van der Waals surface area (Å²) < 4.78 is 0. The number of rotatable bonds is 6. The van der Waals surface area contributed by atoms with Crippen LogP contribution in [0.3, 0.4) is 0 Å². The minimum absolute atomic E-state index is 0.0477. The number of carbonyl (C=O) groups excluding carboxylic acids is 3. The number of amides is 3. The number of benzene rings is 3. The molecule has 1 atom stereocenters. The summed E-state index contributed by atoms with van der Waals surface area (Å²) in [6.07, 6.45) is 3.76. The van der Waals surface area contributed by atoms with Crippen LogP contribution >= 0.6 is 23.8 Å². The summed E-state index contributed by atoms with van der Waals surface area (Å²) in [6.45, 7) is 0.0477. The van der Waals surface area contributed by atoms with Gasteiger partial charge in [-0.3, -0.25) is 35.1 Å². The molecule has 10 heteroatoms. The topological polar surface area (TPSA) is 103 Å². The van der Waals surface area contributed by atoms with Crippen molar-refractivity contribution in [3.8, 4) is 0 Å². The summed E-state index contributed by atoms with van der Waals surface area (Å²) in [5.74, 6) is -1.11. The maximum atomic E-state index is 13.0. The molecule has 4 aromatic rings. The Kier molecular flexibility index (Phi) is 7.30. The van der Waals surface area contributed by atoms with Gasteiger partial charge in [0.1, 0.15) is 0 Å². The van der Waals surface area contributed by atoms with Gasteiger partial charge in [0.05, 0.1) is 17.2 Å².